The number of fused-ring (bicyclic) bond motifs is 1. The zero-order valence-corrected chi connectivity index (χ0v) is 9.90. The Labute approximate surface area is 97.9 Å². The van der Waals surface area contributed by atoms with E-state index in [4.69, 9.17) is 0 Å². The van der Waals surface area contributed by atoms with E-state index in [1.165, 1.54) is 13.3 Å². The van der Waals surface area contributed by atoms with Crippen molar-refractivity contribution in [3.63, 3.8) is 0 Å². The highest BCUT2D eigenvalue weighted by Gasteiger charge is 2.20. The molecule has 17 heavy (non-hydrogen) atoms. The number of rotatable bonds is 1. The van der Waals surface area contributed by atoms with Gasteiger partial charge in [0.2, 0.25) is 11.2 Å². The Hall–Kier alpha value is -2.31. The van der Waals surface area contributed by atoms with E-state index in [2.05, 4.69) is 15.3 Å². The lowest BCUT2D eigenvalue weighted by Gasteiger charge is -1.98. The highest BCUT2D eigenvalue weighted by Crippen LogP contribution is 2.05. The molecule has 0 radical (unpaired) electrons. The predicted octanol–water partition coefficient (Wildman–Crippen LogP) is -0.444. The third kappa shape index (κ3) is 2.12. The molecule has 0 atom stereocenters. The minimum atomic E-state index is 0.550. The van der Waals surface area contributed by atoms with Gasteiger partial charge in [-0.1, -0.05) is 9.78 Å². The summed E-state index contributed by atoms with van der Waals surface area (Å²) in [6.45, 7) is 0. The van der Waals surface area contributed by atoms with Gasteiger partial charge in [-0.15, -0.1) is 0 Å². The largest absolute Gasteiger partial charge is 0.624 e. The molecule has 0 N–H and O–H groups in total. The minimum absolute atomic E-state index is 0.550. The molecule has 0 amide bonds. The van der Waals surface area contributed by atoms with Crippen molar-refractivity contribution in [3.8, 4) is 0 Å². The fourth-order valence-corrected chi connectivity index (χ4v) is 1.46. The van der Waals surface area contributed by atoms with Gasteiger partial charge in [0.05, 0.1) is 14.1 Å². The van der Waals surface area contributed by atoms with Crippen molar-refractivity contribution in [2.45, 2.75) is 0 Å². The van der Waals surface area contributed by atoms with E-state index in [0.717, 1.165) is 10.3 Å². The molecule has 7 heteroatoms. The number of aromatic nitrogens is 4. The van der Waals surface area contributed by atoms with Crippen molar-refractivity contribution in [1.82, 2.24) is 20.0 Å². The molecule has 2 rings (SSSR count). The Balaban J connectivity index is 2.66. The second-order valence-corrected chi connectivity index (χ2v) is 3.78. The Morgan fingerprint density at radius 3 is 2.82 bits per heavy atom. The zero-order chi connectivity index (χ0) is 12.4. The molecule has 0 aliphatic rings. The smallest absolute Gasteiger partial charge is 0.369 e. The van der Waals surface area contributed by atoms with Crippen LogP contribution in [0.15, 0.2) is 18.3 Å². The summed E-state index contributed by atoms with van der Waals surface area (Å²) in [4.78, 5) is 4.09. The lowest BCUT2D eigenvalue weighted by molar-refractivity contribution is -0.469. The molecule has 2 aromatic heterocycles. The van der Waals surface area contributed by atoms with Crippen LogP contribution in [0.4, 0.5) is 0 Å². The average molecular weight is 233 g/mol. The highest BCUT2D eigenvalue weighted by atomic mass is 16.5. The van der Waals surface area contributed by atoms with E-state index >= 15 is 0 Å². The van der Waals surface area contributed by atoms with Crippen molar-refractivity contribution in [2.75, 3.05) is 21.1 Å². The van der Waals surface area contributed by atoms with E-state index < -0.39 is 0 Å². The summed E-state index contributed by atoms with van der Waals surface area (Å²) < 4.78 is 4.09. The SMILES string of the molecule is C[N+]([O-])=CC(n1nnc2ncccc21)=[N+](C)C. The van der Waals surface area contributed by atoms with Gasteiger partial charge in [-0.2, -0.15) is 0 Å². The maximum Gasteiger partial charge on any atom is 0.369 e. The first-order chi connectivity index (χ1) is 8.09. The summed E-state index contributed by atoms with van der Waals surface area (Å²) in [5.74, 6) is 0.623. The van der Waals surface area contributed by atoms with Crippen LogP contribution in [-0.4, -0.2) is 62.5 Å². The first-order valence-electron chi connectivity index (χ1n) is 5.05. The molecule has 7 nitrogen and oxygen atoms in total. The van der Waals surface area contributed by atoms with E-state index in [1.54, 1.807) is 21.5 Å². The molecule has 2 aromatic rings. The maximum absolute atomic E-state index is 11.1. The molecule has 88 valence electrons. The lowest BCUT2D eigenvalue weighted by Crippen LogP contribution is -2.27. The molecule has 0 aliphatic carbocycles. The number of hydrogen-bond donors (Lipinski definition) is 0. The van der Waals surface area contributed by atoms with Crippen LogP contribution in [-0.2, 0) is 0 Å². The van der Waals surface area contributed by atoms with Gasteiger partial charge in [0.1, 0.15) is 7.05 Å². The summed E-state index contributed by atoms with van der Waals surface area (Å²) in [6.07, 6.45) is 3.08. The highest BCUT2D eigenvalue weighted by molar-refractivity contribution is 6.26. The van der Waals surface area contributed by atoms with Crippen LogP contribution in [0.25, 0.3) is 11.2 Å². The van der Waals surface area contributed by atoms with Gasteiger partial charge in [0.15, 0.2) is 0 Å². The lowest BCUT2D eigenvalue weighted by atomic mass is 10.4. The third-order valence-corrected chi connectivity index (χ3v) is 2.20. The summed E-state index contributed by atoms with van der Waals surface area (Å²) in [7, 11) is 5.08. The van der Waals surface area contributed by atoms with Gasteiger partial charge in [0.25, 0.3) is 6.21 Å². The topological polar surface area (TPSA) is 72.7 Å². The van der Waals surface area contributed by atoms with Crippen LogP contribution in [0.2, 0.25) is 0 Å². The summed E-state index contributed by atoms with van der Waals surface area (Å²) in [6, 6.07) is 3.65. The Morgan fingerprint density at radius 2 is 2.18 bits per heavy atom. The van der Waals surface area contributed by atoms with Crippen LogP contribution >= 0.6 is 0 Å². The van der Waals surface area contributed by atoms with E-state index in [-0.39, 0.29) is 0 Å². The third-order valence-electron chi connectivity index (χ3n) is 2.20. The van der Waals surface area contributed by atoms with Crippen LogP contribution in [0, 0.1) is 5.21 Å². The van der Waals surface area contributed by atoms with Gasteiger partial charge >= 0.3 is 5.84 Å². The second-order valence-electron chi connectivity index (χ2n) is 3.78. The van der Waals surface area contributed by atoms with E-state index in [0.29, 0.717) is 11.5 Å². The summed E-state index contributed by atoms with van der Waals surface area (Å²) in [5, 5.41) is 19.1. The second kappa shape index (κ2) is 4.28. The van der Waals surface area contributed by atoms with Crippen LogP contribution in [0.1, 0.15) is 0 Å². The first-order valence-corrected chi connectivity index (χ1v) is 5.05. The predicted molar refractivity (Wildman–Crippen MR) is 63.5 cm³/mol. The number of hydroxylamine groups is 1. The molecule has 2 heterocycles. The molecule has 0 aliphatic heterocycles. The molecule has 0 aromatic carbocycles. The van der Waals surface area contributed by atoms with Gasteiger partial charge in [-0.05, 0) is 12.1 Å². The van der Waals surface area contributed by atoms with Gasteiger partial charge in [-0.25, -0.2) is 9.72 Å². The first kappa shape index (κ1) is 11.2. The van der Waals surface area contributed by atoms with Gasteiger partial charge in [-0.3, -0.25) is 4.58 Å². The fourth-order valence-electron chi connectivity index (χ4n) is 1.46. The van der Waals surface area contributed by atoms with Crippen LogP contribution in [0.3, 0.4) is 0 Å². The van der Waals surface area contributed by atoms with Crippen molar-refractivity contribution >= 4 is 23.2 Å². The van der Waals surface area contributed by atoms with Crippen molar-refractivity contribution in [3.05, 3.63) is 23.5 Å². The quantitative estimate of drug-likeness (QED) is 0.220. The van der Waals surface area contributed by atoms with E-state index in [9.17, 15) is 5.21 Å². The summed E-state index contributed by atoms with van der Waals surface area (Å²) in [5.41, 5.74) is 1.31. The number of pyridine rings is 1. The van der Waals surface area contributed by atoms with Gasteiger partial charge in [0, 0.05) is 11.4 Å². The normalized spacial score (nSPS) is 11.8. The Morgan fingerprint density at radius 1 is 1.41 bits per heavy atom. The Kier molecular flexibility index (Phi) is 2.82. The van der Waals surface area contributed by atoms with Crippen LogP contribution in [0.5, 0.6) is 0 Å². The van der Waals surface area contributed by atoms with Gasteiger partial charge < -0.3 is 5.21 Å². The molecule has 0 unspecified atom stereocenters. The molecule has 0 saturated heterocycles. The van der Waals surface area contributed by atoms with Crippen LogP contribution < -0.4 is 0 Å². The van der Waals surface area contributed by atoms with Crippen molar-refractivity contribution in [2.24, 2.45) is 0 Å². The number of hydrogen-bond acceptors (Lipinski definition) is 4. The standard InChI is InChI=1S/C10H13N6O/c1-14(2)9(7-15(3)17)16-8-5-4-6-11-10(8)12-13-16/h4-7H,1-3H3/q+1. The zero-order valence-electron chi connectivity index (χ0n) is 9.90. The van der Waals surface area contributed by atoms with Crippen molar-refractivity contribution < 1.29 is 9.31 Å². The number of nitrogens with zero attached hydrogens (tertiary/aromatic N) is 6. The van der Waals surface area contributed by atoms with E-state index in [1.807, 2.05) is 20.2 Å². The monoisotopic (exact) mass is 233 g/mol. The average Bonchev–Trinajstić information content (AvgIpc) is 2.69. The molecule has 0 spiro atoms. The summed E-state index contributed by atoms with van der Waals surface area (Å²) >= 11 is 0. The minimum Gasteiger partial charge on any atom is -0.624 e. The molecular weight excluding hydrogens is 220 g/mol. The fraction of sp³-hybridized carbons (Fsp3) is 0.300. The molecular formula is C10H13N6O+. The molecule has 0 fully saturated rings. The molecule has 0 saturated carbocycles. The molecule has 0 bridgehead atoms. The maximum atomic E-state index is 11.1. The Bertz CT molecular complexity index is 604. The van der Waals surface area contributed by atoms with Crippen molar-refractivity contribution in [1.29, 1.82) is 0 Å².